The van der Waals surface area contributed by atoms with Crippen molar-refractivity contribution < 1.29 is 9.13 Å². The van der Waals surface area contributed by atoms with Gasteiger partial charge in [-0.05, 0) is 17.7 Å². The van der Waals surface area contributed by atoms with E-state index in [4.69, 9.17) is 10.00 Å². The summed E-state index contributed by atoms with van der Waals surface area (Å²) in [5, 5.41) is 8.57. The highest BCUT2D eigenvalue weighted by atomic mass is 19.1. The number of benzene rings is 1. The van der Waals surface area contributed by atoms with Gasteiger partial charge in [-0.3, -0.25) is 0 Å². The van der Waals surface area contributed by atoms with Crippen molar-refractivity contribution in [2.75, 3.05) is 7.11 Å². The predicted molar refractivity (Wildman–Crippen MR) is 41.8 cm³/mol. The lowest BCUT2D eigenvalue weighted by Gasteiger charge is -2.05. The number of nitriles is 1. The largest absolute Gasteiger partial charge is 0.362 e. The van der Waals surface area contributed by atoms with Crippen LogP contribution < -0.4 is 0 Å². The van der Waals surface area contributed by atoms with Crippen LogP contribution in [0.15, 0.2) is 24.3 Å². The zero-order valence-electron chi connectivity index (χ0n) is 6.62. The predicted octanol–water partition coefficient (Wildman–Crippen LogP) is 2.04. The van der Waals surface area contributed by atoms with Crippen LogP contribution in [-0.2, 0) is 4.74 Å². The molecule has 3 heteroatoms. The number of ether oxygens (including phenoxy) is 1. The highest BCUT2D eigenvalue weighted by Gasteiger charge is 2.08. The molecule has 1 aromatic carbocycles. The summed E-state index contributed by atoms with van der Waals surface area (Å²) >= 11 is 0. The van der Waals surface area contributed by atoms with Crippen LogP contribution in [0.25, 0.3) is 0 Å². The molecule has 0 aliphatic rings. The first-order valence-electron chi connectivity index (χ1n) is 3.46. The summed E-state index contributed by atoms with van der Waals surface area (Å²) in [7, 11) is 1.42. The molecule has 0 saturated heterocycles. The molecule has 1 atom stereocenters. The molecule has 0 aromatic heterocycles. The van der Waals surface area contributed by atoms with Crippen molar-refractivity contribution in [1.82, 2.24) is 0 Å². The lowest BCUT2D eigenvalue weighted by Crippen LogP contribution is -1.97. The topological polar surface area (TPSA) is 33.0 Å². The van der Waals surface area contributed by atoms with Crippen LogP contribution in [0.3, 0.4) is 0 Å². The van der Waals surface area contributed by atoms with Gasteiger partial charge >= 0.3 is 0 Å². The second-order valence-electron chi connectivity index (χ2n) is 2.30. The van der Waals surface area contributed by atoms with Crippen LogP contribution in [0.2, 0.25) is 0 Å². The smallest absolute Gasteiger partial charge is 0.168 e. The van der Waals surface area contributed by atoms with E-state index in [1.807, 2.05) is 6.07 Å². The van der Waals surface area contributed by atoms with Crippen molar-refractivity contribution in [1.29, 1.82) is 5.26 Å². The lowest BCUT2D eigenvalue weighted by molar-refractivity contribution is 0.148. The third-order valence-corrected chi connectivity index (χ3v) is 1.50. The molecule has 62 valence electrons. The Morgan fingerprint density at radius 3 is 2.83 bits per heavy atom. The van der Waals surface area contributed by atoms with Crippen LogP contribution >= 0.6 is 0 Å². The average Bonchev–Trinajstić information content (AvgIpc) is 2.07. The number of methoxy groups -OCH3 is 1. The molecule has 0 bridgehead atoms. The molecule has 0 unspecified atom stereocenters. The van der Waals surface area contributed by atoms with E-state index in [0.717, 1.165) is 0 Å². The maximum atomic E-state index is 12.6. The molecular formula is C9H8FNO. The standard InChI is InChI=1S/C9H8FNO/c1-12-9(6-11)7-3-2-4-8(10)5-7/h2-5,9H,1H3/t9-/m0/s1. The molecule has 0 spiro atoms. The Hall–Kier alpha value is -1.40. The molecule has 1 rings (SSSR count). The zero-order chi connectivity index (χ0) is 8.97. The van der Waals surface area contributed by atoms with Gasteiger partial charge in [-0.25, -0.2) is 4.39 Å². The second kappa shape index (κ2) is 3.84. The summed E-state index contributed by atoms with van der Waals surface area (Å²) in [4.78, 5) is 0. The number of hydrogen-bond donors (Lipinski definition) is 0. The van der Waals surface area contributed by atoms with Gasteiger partial charge in [-0.2, -0.15) is 5.26 Å². The van der Waals surface area contributed by atoms with Gasteiger partial charge in [0.05, 0.1) is 6.07 Å². The maximum Gasteiger partial charge on any atom is 0.168 e. The number of rotatable bonds is 2. The summed E-state index contributed by atoms with van der Waals surface area (Å²) in [6.45, 7) is 0. The van der Waals surface area contributed by atoms with Gasteiger partial charge < -0.3 is 4.74 Å². The van der Waals surface area contributed by atoms with Crippen molar-refractivity contribution >= 4 is 0 Å². The Kier molecular flexibility index (Phi) is 2.78. The van der Waals surface area contributed by atoms with Crippen LogP contribution in [0, 0.1) is 17.1 Å². The fourth-order valence-corrected chi connectivity index (χ4v) is 0.933. The van der Waals surface area contributed by atoms with E-state index in [0.29, 0.717) is 5.56 Å². The van der Waals surface area contributed by atoms with E-state index < -0.39 is 6.10 Å². The van der Waals surface area contributed by atoms with Crippen LogP contribution in [0.4, 0.5) is 4.39 Å². The molecule has 12 heavy (non-hydrogen) atoms. The minimum Gasteiger partial charge on any atom is -0.362 e. The highest BCUT2D eigenvalue weighted by Crippen LogP contribution is 2.15. The van der Waals surface area contributed by atoms with Crippen molar-refractivity contribution in [3.8, 4) is 6.07 Å². The number of nitrogens with zero attached hydrogens (tertiary/aromatic N) is 1. The van der Waals surface area contributed by atoms with Crippen LogP contribution in [0.1, 0.15) is 11.7 Å². The summed E-state index contributed by atoms with van der Waals surface area (Å²) in [5.41, 5.74) is 0.542. The van der Waals surface area contributed by atoms with Gasteiger partial charge in [0.2, 0.25) is 0 Å². The minimum absolute atomic E-state index is 0.357. The minimum atomic E-state index is -0.680. The fourth-order valence-electron chi connectivity index (χ4n) is 0.933. The van der Waals surface area contributed by atoms with Crippen molar-refractivity contribution in [2.24, 2.45) is 0 Å². The molecule has 0 amide bonds. The number of halogens is 1. The van der Waals surface area contributed by atoms with Gasteiger partial charge in [0, 0.05) is 7.11 Å². The Balaban J connectivity index is 2.95. The molecule has 0 N–H and O–H groups in total. The summed E-state index contributed by atoms with van der Waals surface area (Å²) in [6, 6.07) is 7.73. The molecule has 1 aromatic rings. The van der Waals surface area contributed by atoms with Crippen LogP contribution in [-0.4, -0.2) is 7.11 Å². The van der Waals surface area contributed by atoms with Crippen molar-refractivity contribution in [3.63, 3.8) is 0 Å². The molecule has 0 aliphatic carbocycles. The van der Waals surface area contributed by atoms with Crippen LogP contribution in [0.5, 0.6) is 0 Å². The third kappa shape index (κ3) is 1.80. The van der Waals surface area contributed by atoms with E-state index >= 15 is 0 Å². The molecular weight excluding hydrogens is 157 g/mol. The van der Waals surface area contributed by atoms with E-state index in [1.165, 1.54) is 19.2 Å². The molecule has 0 aliphatic heterocycles. The van der Waals surface area contributed by atoms with Gasteiger partial charge in [0.15, 0.2) is 6.10 Å². The molecule has 0 fully saturated rings. The molecule has 0 saturated carbocycles. The van der Waals surface area contributed by atoms with E-state index in [1.54, 1.807) is 12.1 Å². The SMILES string of the molecule is CO[C@@H](C#N)c1cccc(F)c1. The molecule has 2 nitrogen and oxygen atoms in total. The van der Waals surface area contributed by atoms with Crippen molar-refractivity contribution in [3.05, 3.63) is 35.6 Å². The maximum absolute atomic E-state index is 12.6. The first-order chi connectivity index (χ1) is 5.77. The van der Waals surface area contributed by atoms with E-state index in [-0.39, 0.29) is 5.82 Å². The molecule has 0 radical (unpaired) electrons. The monoisotopic (exact) mass is 165 g/mol. The zero-order valence-corrected chi connectivity index (χ0v) is 6.62. The summed E-state index contributed by atoms with van der Waals surface area (Å²) in [5.74, 6) is -0.357. The van der Waals surface area contributed by atoms with Gasteiger partial charge in [-0.15, -0.1) is 0 Å². The van der Waals surface area contributed by atoms with Gasteiger partial charge in [0.25, 0.3) is 0 Å². The Bertz CT molecular complexity index is 306. The highest BCUT2D eigenvalue weighted by molar-refractivity contribution is 5.22. The third-order valence-electron chi connectivity index (χ3n) is 1.50. The Morgan fingerprint density at radius 1 is 1.58 bits per heavy atom. The summed E-state index contributed by atoms with van der Waals surface area (Å²) in [6.07, 6.45) is -0.680. The fraction of sp³-hybridized carbons (Fsp3) is 0.222. The number of hydrogen-bond acceptors (Lipinski definition) is 2. The first-order valence-corrected chi connectivity index (χ1v) is 3.46. The Morgan fingerprint density at radius 2 is 2.33 bits per heavy atom. The first kappa shape index (κ1) is 8.69. The van der Waals surface area contributed by atoms with Gasteiger partial charge in [-0.1, -0.05) is 12.1 Å². The van der Waals surface area contributed by atoms with E-state index in [9.17, 15) is 4.39 Å². The summed E-state index contributed by atoms with van der Waals surface area (Å²) < 4.78 is 17.4. The van der Waals surface area contributed by atoms with E-state index in [2.05, 4.69) is 0 Å². The average molecular weight is 165 g/mol. The normalized spacial score (nSPS) is 12.1. The quantitative estimate of drug-likeness (QED) is 0.671. The Labute approximate surface area is 70.2 Å². The van der Waals surface area contributed by atoms with Gasteiger partial charge in [0.1, 0.15) is 5.82 Å². The molecule has 0 heterocycles. The lowest BCUT2D eigenvalue weighted by atomic mass is 10.1. The van der Waals surface area contributed by atoms with Crippen molar-refractivity contribution in [2.45, 2.75) is 6.10 Å². The second-order valence-corrected chi connectivity index (χ2v) is 2.30.